The van der Waals surface area contributed by atoms with Gasteiger partial charge in [0.15, 0.2) is 0 Å². The molecule has 5 nitrogen and oxygen atoms in total. The van der Waals surface area contributed by atoms with E-state index in [0.717, 1.165) is 5.56 Å². The fourth-order valence-corrected chi connectivity index (χ4v) is 3.52. The molecule has 0 saturated heterocycles. The summed E-state index contributed by atoms with van der Waals surface area (Å²) in [6.07, 6.45) is 2.38. The maximum absolute atomic E-state index is 13.0. The minimum Gasteiger partial charge on any atom is -0.490 e. The third-order valence-electron chi connectivity index (χ3n) is 5.17. The molecule has 2 aromatic rings. The van der Waals surface area contributed by atoms with Crippen LogP contribution in [0.15, 0.2) is 61.2 Å². The Bertz CT molecular complexity index is 906. The summed E-state index contributed by atoms with van der Waals surface area (Å²) in [7, 11) is 0. The Balaban J connectivity index is 1.90. The predicted octanol–water partition coefficient (Wildman–Crippen LogP) is 4.76. The summed E-state index contributed by atoms with van der Waals surface area (Å²) in [5.74, 6) is 0.278. The van der Waals surface area contributed by atoms with Crippen LogP contribution < -0.4 is 15.0 Å². The van der Waals surface area contributed by atoms with Crippen molar-refractivity contribution in [1.82, 2.24) is 0 Å². The number of amides is 2. The molecule has 1 aliphatic heterocycles. The van der Waals surface area contributed by atoms with Gasteiger partial charge in [0.25, 0.3) is 0 Å². The first-order valence-electron chi connectivity index (χ1n) is 9.93. The fraction of sp³-hybridized carbons (Fsp3) is 0.333. The van der Waals surface area contributed by atoms with Crippen LogP contribution in [0.4, 0.5) is 11.4 Å². The van der Waals surface area contributed by atoms with Gasteiger partial charge in [-0.3, -0.25) is 9.59 Å². The highest BCUT2D eigenvalue weighted by atomic mass is 16.5. The average molecular weight is 392 g/mol. The van der Waals surface area contributed by atoms with Crippen LogP contribution in [0.5, 0.6) is 5.75 Å². The van der Waals surface area contributed by atoms with E-state index in [9.17, 15) is 9.59 Å². The third-order valence-corrected chi connectivity index (χ3v) is 5.17. The summed E-state index contributed by atoms with van der Waals surface area (Å²) in [6.45, 7) is 10.2. The van der Waals surface area contributed by atoms with Crippen LogP contribution in [0.2, 0.25) is 0 Å². The first-order chi connectivity index (χ1) is 13.9. The Labute approximate surface area is 172 Å². The number of hydrogen-bond acceptors (Lipinski definition) is 3. The Hall–Kier alpha value is -3.08. The summed E-state index contributed by atoms with van der Waals surface area (Å²) in [5, 5.41) is 3.00. The smallest absolute Gasteiger partial charge is 0.236 e. The number of carbonyl (C=O) groups is 2. The van der Waals surface area contributed by atoms with Crippen molar-refractivity contribution in [3.05, 3.63) is 66.7 Å². The van der Waals surface area contributed by atoms with E-state index in [-0.39, 0.29) is 17.7 Å². The van der Waals surface area contributed by atoms with Crippen LogP contribution in [-0.2, 0) is 9.59 Å². The summed E-state index contributed by atoms with van der Waals surface area (Å²) in [6, 6.07) is 15.1. The first kappa shape index (κ1) is 20.6. The van der Waals surface area contributed by atoms with Crippen molar-refractivity contribution in [3.8, 4) is 5.75 Å². The second kappa shape index (κ2) is 8.52. The molecule has 1 aliphatic rings. The molecule has 2 amide bonds. The number of ether oxygens (including phenoxy) is 1. The van der Waals surface area contributed by atoms with Crippen molar-refractivity contribution < 1.29 is 14.3 Å². The van der Waals surface area contributed by atoms with Crippen molar-refractivity contribution in [2.75, 3.05) is 23.4 Å². The van der Waals surface area contributed by atoms with Gasteiger partial charge in [-0.2, -0.15) is 0 Å². The van der Waals surface area contributed by atoms with E-state index < -0.39 is 5.41 Å². The van der Waals surface area contributed by atoms with Gasteiger partial charge in [0.2, 0.25) is 11.8 Å². The van der Waals surface area contributed by atoms with Crippen molar-refractivity contribution >= 4 is 23.2 Å². The van der Waals surface area contributed by atoms with Crippen LogP contribution in [0.3, 0.4) is 0 Å². The monoisotopic (exact) mass is 392 g/mol. The van der Waals surface area contributed by atoms with Crippen LogP contribution in [0, 0.1) is 5.41 Å². The largest absolute Gasteiger partial charge is 0.490 e. The molecule has 0 saturated carbocycles. The highest BCUT2D eigenvalue weighted by Crippen LogP contribution is 2.38. The van der Waals surface area contributed by atoms with Crippen LogP contribution in [0.25, 0.3) is 0 Å². The number of anilines is 2. The zero-order valence-corrected chi connectivity index (χ0v) is 17.3. The normalized spacial score (nSPS) is 16.2. The van der Waals surface area contributed by atoms with Gasteiger partial charge in [0.1, 0.15) is 12.4 Å². The average Bonchev–Trinajstić information content (AvgIpc) is 2.80. The molecule has 1 N–H and O–H groups in total. The zero-order chi connectivity index (χ0) is 21.0. The molecule has 2 aromatic carbocycles. The van der Waals surface area contributed by atoms with Gasteiger partial charge in [0, 0.05) is 12.2 Å². The molecule has 0 fully saturated rings. The van der Waals surface area contributed by atoms with E-state index in [2.05, 4.69) is 11.9 Å². The Kier molecular flexibility index (Phi) is 6.06. The lowest BCUT2D eigenvalue weighted by molar-refractivity contribution is -0.127. The SMILES string of the molecule is C=CCN1C(=O)C(C)(C)COc2ccc(NC(=O)C(CC)c3ccccc3)cc21. The molecule has 1 heterocycles. The van der Waals surface area contributed by atoms with Gasteiger partial charge in [0.05, 0.1) is 17.0 Å². The van der Waals surface area contributed by atoms with E-state index in [1.54, 1.807) is 23.1 Å². The second-order valence-corrected chi connectivity index (χ2v) is 7.92. The lowest BCUT2D eigenvalue weighted by atomic mass is 9.93. The number of nitrogens with zero attached hydrogens (tertiary/aromatic N) is 1. The highest BCUT2D eigenvalue weighted by molar-refractivity contribution is 6.01. The van der Waals surface area contributed by atoms with Crippen LogP contribution in [0.1, 0.15) is 38.7 Å². The Morgan fingerprint density at radius 1 is 1.28 bits per heavy atom. The maximum Gasteiger partial charge on any atom is 0.236 e. The van der Waals surface area contributed by atoms with E-state index in [1.165, 1.54) is 0 Å². The van der Waals surface area contributed by atoms with Crippen LogP contribution >= 0.6 is 0 Å². The number of rotatable bonds is 6. The lowest BCUT2D eigenvalue weighted by Gasteiger charge is -2.27. The maximum atomic E-state index is 13.0. The quantitative estimate of drug-likeness (QED) is 0.721. The summed E-state index contributed by atoms with van der Waals surface area (Å²) in [4.78, 5) is 27.6. The molecule has 0 bridgehead atoms. The summed E-state index contributed by atoms with van der Waals surface area (Å²) >= 11 is 0. The van der Waals surface area contributed by atoms with Crippen LogP contribution in [-0.4, -0.2) is 25.0 Å². The molecule has 0 radical (unpaired) electrons. The van der Waals surface area contributed by atoms with Gasteiger partial charge in [-0.05, 0) is 44.0 Å². The molecule has 0 spiro atoms. The molecule has 0 aliphatic carbocycles. The minimum absolute atomic E-state index is 0.0321. The molecule has 1 unspecified atom stereocenters. The van der Waals surface area contributed by atoms with E-state index >= 15 is 0 Å². The van der Waals surface area contributed by atoms with Gasteiger partial charge in [-0.15, -0.1) is 6.58 Å². The minimum atomic E-state index is -0.647. The Morgan fingerprint density at radius 3 is 2.66 bits per heavy atom. The van der Waals surface area contributed by atoms with E-state index in [1.807, 2.05) is 57.2 Å². The number of nitrogens with one attached hydrogen (secondary N) is 1. The lowest BCUT2D eigenvalue weighted by Crippen LogP contribution is -2.42. The molecular formula is C24H28N2O3. The van der Waals surface area contributed by atoms with Crippen molar-refractivity contribution in [1.29, 1.82) is 0 Å². The fourth-order valence-electron chi connectivity index (χ4n) is 3.52. The van der Waals surface area contributed by atoms with Gasteiger partial charge >= 0.3 is 0 Å². The summed E-state index contributed by atoms with van der Waals surface area (Å²) in [5.41, 5.74) is 1.61. The third kappa shape index (κ3) is 4.34. The van der Waals surface area contributed by atoms with Crippen molar-refractivity contribution in [3.63, 3.8) is 0 Å². The Morgan fingerprint density at radius 2 is 2.00 bits per heavy atom. The van der Waals surface area contributed by atoms with E-state index in [0.29, 0.717) is 36.7 Å². The molecule has 29 heavy (non-hydrogen) atoms. The first-order valence-corrected chi connectivity index (χ1v) is 9.93. The topological polar surface area (TPSA) is 58.6 Å². The zero-order valence-electron chi connectivity index (χ0n) is 17.3. The molecular weight excluding hydrogens is 364 g/mol. The number of fused-ring (bicyclic) bond motifs is 1. The predicted molar refractivity (Wildman–Crippen MR) is 116 cm³/mol. The second-order valence-electron chi connectivity index (χ2n) is 7.92. The molecule has 152 valence electrons. The van der Waals surface area contributed by atoms with Gasteiger partial charge in [-0.25, -0.2) is 0 Å². The standard InChI is InChI=1S/C24H28N2O3/c1-5-14-26-20-15-18(12-13-21(20)29-16-24(3,4)23(26)28)25-22(27)19(6-2)17-10-8-7-9-11-17/h5,7-13,15,19H,1,6,14,16H2,2-4H3,(H,25,27). The molecule has 3 rings (SSSR count). The number of hydrogen-bond donors (Lipinski definition) is 1. The highest BCUT2D eigenvalue weighted by Gasteiger charge is 2.37. The summed E-state index contributed by atoms with van der Waals surface area (Å²) < 4.78 is 5.90. The number of carbonyl (C=O) groups excluding carboxylic acids is 2. The van der Waals surface area contributed by atoms with Gasteiger partial charge < -0.3 is 15.0 Å². The molecule has 0 aromatic heterocycles. The van der Waals surface area contributed by atoms with Crippen molar-refractivity contribution in [2.24, 2.45) is 5.41 Å². The van der Waals surface area contributed by atoms with Crippen molar-refractivity contribution in [2.45, 2.75) is 33.1 Å². The number of benzene rings is 2. The molecule has 1 atom stereocenters. The molecule has 5 heteroatoms. The van der Waals surface area contributed by atoms with E-state index in [4.69, 9.17) is 4.74 Å². The van der Waals surface area contributed by atoms with Gasteiger partial charge in [-0.1, -0.05) is 43.3 Å².